The summed E-state index contributed by atoms with van der Waals surface area (Å²) < 4.78 is 35.6. The molecule has 16 unspecified atom stereocenters. The molecule has 43 heavy (non-hydrogen) atoms. The second kappa shape index (κ2) is 11.3. The van der Waals surface area contributed by atoms with Gasteiger partial charge in [-0.1, -0.05) is 20.8 Å². The van der Waals surface area contributed by atoms with E-state index >= 15 is 0 Å². The molecule has 13 nitrogen and oxygen atoms in total. The number of hydrogen-bond acceptors (Lipinski definition) is 13. The van der Waals surface area contributed by atoms with Crippen LogP contribution in [0.3, 0.4) is 0 Å². The molecule has 244 valence electrons. The number of aliphatic hydroxyl groups is 5. The van der Waals surface area contributed by atoms with E-state index in [1.165, 1.54) is 21.1 Å². The van der Waals surface area contributed by atoms with Crippen LogP contribution < -0.4 is 0 Å². The minimum absolute atomic E-state index is 0.0651. The third-order valence-corrected chi connectivity index (χ3v) is 11.3. The zero-order chi connectivity index (χ0) is 31.8. The van der Waals surface area contributed by atoms with Gasteiger partial charge in [-0.15, -0.1) is 0 Å². The van der Waals surface area contributed by atoms with Gasteiger partial charge in [0, 0.05) is 43.1 Å². The quantitative estimate of drug-likeness (QED) is 0.244. The number of hydrogen-bond donors (Lipinski definition) is 5. The van der Waals surface area contributed by atoms with Gasteiger partial charge < -0.3 is 54.0 Å². The third kappa shape index (κ3) is 4.69. The predicted molar refractivity (Wildman–Crippen MR) is 146 cm³/mol. The fraction of sp³-hybridized carbons (Fsp3) is 0.867. The molecule has 2 saturated carbocycles. The molecule has 2 saturated heterocycles. The molecule has 5 aliphatic rings. The Kier molecular flexibility index (Phi) is 8.58. The SMILES string of the molecule is COC1=CC(C)C2CC3OC(OC4OC(CO)C(O)C(O)C4O)CC4C(C)(O)C(OC)C(OC(C)=O)C(C2(C)C1=O)C34C. The van der Waals surface area contributed by atoms with E-state index in [-0.39, 0.29) is 29.8 Å². The Morgan fingerprint density at radius 1 is 1.07 bits per heavy atom. The summed E-state index contributed by atoms with van der Waals surface area (Å²) in [5.74, 6) is -2.25. The summed E-state index contributed by atoms with van der Waals surface area (Å²) in [5, 5.41) is 53.0. The van der Waals surface area contributed by atoms with E-state index < -0.39 is 96.2 Å². The van der Waals surface area contributed by atoms with Crippen LogP contribution in [0.15, 0.2) is 11.8 Å². The zero-order valence-corrected chi connectivity index (χ0v) is 25.7. The van der Waals surface area contributed by atoms with Gasteiger partial charge in [0.05, 0.1) is 25.4 Å². The first-order valence-electron chi connectivity index (χ1n) is 14.9. The average Bonchev–Trinajstić information content (AvgIpc) is 2.93. The standard InChI is InChI=1S/C30H46O13/c1-12-8-15(38-6)25(36)28(3)14(12)9-18-29(4)17(30(5,37)26(39-7)23(24(28)29)40-13(2)32)10-19(42-18)43-27-22(35)21(34)20(33)16(11-31)41-27/h8,12,14,16-24,26-27,31,33-35,37H,9-11H2,1-7H3. The number of methoxy groups -OCH3 is 2. The van der Waals surface area contributed by atoms with Crippen molar-refractivity contribution in [3.63, 3.8) is 0 Å². The number of aliphatic hydroxyl groups excluding tert-OH is 4. The number of rotatable bonds is 6. The molecular formula is C30H46O13. The maximum atomic E-state index is 14.2. The lowest BCUT2D eigenvalue weighted by atomic mass is 9.37. The number of ether oxygens (including phenoxy) is 6. The largest absolute Gasteiger partial charge is 0.493 e. The molecule has 0 aromatic heterocycles. The molecular weight excluding hydrogens is 568 g/mol. The van der Waals surface area contributed by atoms with Gasteiger partial charge in [0.25, 0.3) is 0 Å². The van der Waals surface area contributed by atoms with Crippen LogP contribution in [0.2, 0.25) is 0 Å². The highest BCUT2D eigenvalue weighted by atomic mass is 16.8. The number of esters is 1. The summed E-state index contributed by atoms with van der Waals surface area (Å²) in [6, 6.07) is 0. The monoisotopic (exact) mass is 614 g/mol. The molecule has 5 N–H and O–H groups in total. The second-order valence-corrected chi connectivity index (χ2v) is 13.5. The number of ketones is 1. The van der Waals surface area contributed by atoms with Crippen molar-refractivity contribution < 1.29 is 63.5 Å². The van der Waals surface area contributed by atoms with Crippen molar-refractivity contribution in [2.45, 2.75) is 108 Å². The topological polar surface area (TPSA) is 191 Å². The van der Waals surface area contributed by atoms with Gasteiger partial charge in [-0.05, 0) is 31.3 Å². The highest BCUT2D eigenvalue weighted by molar-refractivity contribution is 5.99. The van der Waals surface area contributed by atoms with E-state index in [1.807, 2.05) is 20.8 Å². The normalized spacial score (nSPS) is 52.9. The minimum Gasteiger partial charge on any atom is -0.493 e. The van der Waals surface area contributed by atoms with Gasteiger partial charge in [0.15, 0.2) is 18.3 Å². The van der Waals surface area contributed by atoms with E-state index in [0.717, 1.165) is 0 Å². The lowest BCUT2D eigenvalue weighted by Gasteiger charge is -2.71. The molecule has 2 aliphatic heterocycles. The number of fused-ring (bicyclic) bond motifs is 2. The molecule has 0 bridgehead atoms. The highest BCUT2D eigenvalue weighted by Crippen LogP contribution is 2.70. The molecule has 4 fully saturated rings. The van der Waals surface area contributed by atoms with Gasteiger partial charge in [-0.2, -0.15) is 0 Å². The van der Waals surface area contributed by atoms with Crippen molar-refractivity contribution in [2.75, 3.05) is 20.8 Å². The lowest BCUT2D eigenvalue weighted by molar-refractivity contribution is -0.392. The summed E-state index contributed by atoms with van der Waals surface area (Å²) in [6.45, 7) is 8.09. The molecule has 0 radical (unpaired) electrons. The van der Waals surface area contributed by atoms with Crippen LogP contribution in [0, 0.1) is 34.5 Å². The van der Waals surface area contributed by atoms with E-state index in [1.54, 1.807) is 13.0 Å². The van der Waals surface area contributed by atoms with Crippen LogP contribution in [0.5, 0.6) is 0 Å². The summed E-state index contributed by atoms with van der Waals surface area (Å²) >= 11 is 0. The summed E-state index contributed by atoms with van der Waals surface area (Å²) in [6.07, 6.45) is -8.89. The Morgan fingerprint density at radius 2 is 1.74 bits per heavy atom. The number of allylic oxidation sites excluding steroid dienone is 2. The van der Waals surface area contributed by atoms with E-state index in [4.69, 9.17) is 28.4 Å². The third-order valence-electron chi connectivity index (χ3n) is 11.3. The van der Waals surface area contributed by atoms with Gasteiger partial charge >= 0.3 is 5.97 Å². The van der Waals surface area contributed by atoms with Crippen molar-refractivity contribution in [1.29, 1.82) is 0 Å². The molecule has 5 rings (SSSR count). The number of Topliss-reactive ketones (excluding diaryl/α,β-unsaturated/α-hetero) is 1. The Bertz CT molecular complexity index is 1120. The van der Waals surface area contributed by atoms with Crippen molar-refractivity contribution in [2.24, 2.45) is 34.5 Å². The van der Waals surface area contributed by atoms with Crippen LogP contribution >= 0.6 is 0 Å². The molecule has 13 heteroatoms. The molecule has 3 aliphatic carbocycles. The van der Waals surface area contributed by atoms with Crippen molar-refractivity contribution >= 4 is 11.8 Å². The summed E-state index contributed by atoms with van der Waals surface area (Å²) in [7, 11) is 2.87. The maximum Gasteiger partial charge on any atom is 0.303 e. The fourth-order valence-electron chi connectivity index (χ4n) is 9.44. The van der Waals surface area contributed by atoms with Crippen LogP contribution in [-0.4, -0.2) is 119 Å². The van der Waals surface area contributed by atoms with Crippen LogP contribution in [0.4, 0.5) is 0 Å². The molecule has 0 aromatic carbocycles. The second-order valence-electron chi connectivity index (χ2n) is 13.5. The summed E-state index contributed by atoms with van der Waals surface area (Å²) in [5.41, 5.74) is -3.62. The first-order chi connectivity index (χ1) is 20.1. The van der Waals surface area contributed by atoms with Gasteiger partial charge in [-0.3, -0.25) is 9.59 Å². The number of carbonyl (C=O) groups is 2. The fourth-order valence-corrected chi connectivity index (χ4v) is 9.44. The molecule has 0 amide bonds. The van der Waals surface area contributed by atoms with Gasteiger partial charge in [0.1, 0.15) is 36.6 Å². The van der Waals surface area contributed by atoms with Crippen LogP contribution in [0.1, 0.15) is 47.5 Å². The first kappa shape index (κ1) is 32.7. The van der Waals surface area contributed by atoms with E-state index in [0.29, 0.717) is 6.42 Å². The van der Waals surface area contributed by atoms with Gasteiger partial charge in [0.2, 0.25) is 5.78 Å². The van der Waals surface area contributed by atoms with E-state index in [9.17, 15) is 35.1 Å². The molecule has 0 aromatic rings. The van der Waals surface area contributed by atoms with Crippen molar-refractivity contribution in [3.05, 3.63) is 11.8 Å². The van der Waals surface area contributed by atoms with Crippen molar-refractivity contribution in [1.82, 2.24) is 0 Å². The first-order valence-corrected chi connectivity index (χ1v) is 14.9. The van der Waals surface area contributed by atoms with Crippen molar-refractivity contribution in [3.8, 4) is 0 Å². The summed E-state index contributed by atoms with van der Waals surface area (Å²) in [4.78, 5) is 26.8. The van der Waals surface area contributed by atoms with Crippen LogP contribution in [-0.2, 0) is 38.0 Å². The Hall–Kier alpha value is -1.68. The smallest absolute Gasteiger partial charge is 0.303 e. The highest BCUT2D eigenvalue weighted by Gasteiger charge is 2.76. The van der Waals surface area contributed by atoms with Gasteiger partial charge in [-0.25, -0.2) is 0 Å². The maximum absolute atomic E-state index is 14.2. The molecule has 16 atom stereocenters. The molecule has 0 spiro atoms. The Balaban J connectivity index is 1.60. The Morgan fingerprint density at radius 3 is 2.33 bits per heavy atom. The van der Waals surface area contributed by atoms with E-state index in [2.05, 4.69) is 0 Å². The average molecular weight is 615 g/mol. The number of carbonyl (C=O) groups excluding carboxylic acids is 2. The lowest BCUT2D eigenvalue weighted by Crippen LogP contribution is -2.78. The minimum atomic E-state index is -1.64. The molecule has 2 heterocycles. The zero-order valence-electron chi connectivity index (χ0n) is 25.7. The Labute approximate surface area is 251 Å². The predicted octanol–water partition coefficient (Wildman–Crippen LogP) is -0.357. The van der Waals surface area contributed by atoms with Crippen LogP contribution in [0.25, 0.3) is 0 Å².